The number of carbonyl (C=O) groups is 1. The van der Waals surface area contributed by atoms with Gasteiger partial charge in [0.15, 0.2) is 0 Å². The van der Waals surface area contributed by atoms with Crippen molar-refractivity contribution >= 4 is 11.7 Å². The molecule has 0 saturated heterocycles. The first-order valence-electron chi connectivity index (χ1n) is 7.42. The monoisotopic (exact) mass is 315 g/mol. The van der Waals surface area contributed by atoms with Gasteiger partial charge in [-0.3, -0.25) is 0 Å². The molecule has 1 unspecified atom stereocenters. The van der Waals surface area contributed by atoms with Gasteiger partial charge in [-0.15, -0.1) is 0 Å². The Labute approximate surface area is 135 Å². The molecule has 1 atom stereocenters. The van der Waals surface area contributed by atoms with Crippen LogP contribution in [0.5, 0.6) is 0 Å². The maximum absolute atomic E-state index is 10.9. The van der Waals surface area contributed by atoms with Crippen molar-refractivity contribution in [3.8, 4) is 0 Å². The van der Waals surface area contributed by atoms with E-state index in [-0.39, 0.29) is 11.6 Å². The minimum Gasteiger partial charge on any atom is -0.478 e. The number of ether oxygens (including phenoxy) is 2. The van der Waals surface area contributed by atoms with Gasteiger partial charge in [0.05, 0.1) is 31.4 Å². The minimum atomic E-state index is -0.931. The Balaban J connectivity index is 2.05. The third-order valence-corrected chi connectivity index (χ3v) is 3.39. The predicted octanol–water partition coefficient (Wildman–Crippen LogP) is 3.20. The van der Waals surface area contributed by atoms with Crippen LogP contribution in [0.4, 0.5) is 5.69 Å². The van der Waals surface area contributed by atoms with Crippen molar-refractivity contribution in [2.75, 3.05) is 32.2 Å². The molecule has 0 fully saturated rings. The number of anilines is 1. The van der Waals surface area contributed by atoms with E-state index in [4.69, 9.17) is 14.6 Å². The smallest absolute Gasteiger partial charge is 0.335 e. The van der Waals surface area contributed by atoms with Crippen LogP contribution in [0.1, 0.15) is 22.0 Å². The highest BCUT2D eigenvalue weighted by Crippen LogP contribution is 2.20. The predicted molar refractivity (Wildman–Crippen MR) is 88.9 cm³/mol. The summed E-state index contributed by atoms with van der Waals surface area (Å²) < 4.78 is 10.6. The van der Waals surface area contributed by atoms with Gasteiger partial charge in [0, 0.05) is 12.8 Å². The number of nitrogens with one attached hydrogen (secondary N) is 1. The molecule has 0 aliphatic heterocycles. The van der Waals surface area contributed by atoms with Gasteiger partial charge in [0.1, 0.15) is 0 Å². The zero-order valence-corrected chi connectivity index (χ0v) is 13.1. The van der Waals surface area contributed by atoms with Crippen LogP contribution in [-0.2, 0) is 9.47 Å². The Kier molecular flexibility index (Phi) is 6.59. The largest absolute Gasteiger partial charge is 0.478 e. The number of carboxylic acids is 1. The van der Waals surface area contributed by atoms with Crippen molar-refractivity contribution in [1.29, 1.82) is 0 Å². The Hall–Kier alpha value is -2.37. The topological polar surface area (TPSA) is 67.8 Å². The number of carboxylic acid groups (broad SMARTS) is 1. The maximum Gasteiger partial charge on any atom is 0.335 e. The van der Waals surface area contributed by atoms with Crippen LogP contribution in [0.15, 0.2) is 54.6 Å². The van der Waals surface area contributed by atoms with E-state index in [1.165, 1.54) is 0 Å². The summed E-state index contributed by atoms with van der Waals surface area (Å²) in [4.78, 5) is 10.9. The summed E-state index contributed by atoms with van der Waals surface area (Å²) in [5, 5.41) is 12.3. The van der Waals surface area contributed by atoms with E-state index in [9.17, 15) is 4.79 Å². The van der Waals surface area contributed by atoms with E-state index < -0.39 is 5.97 Å². The molecule has 0 aromatic heterocycles. The second-order valence-electron chi connectivity index (χ2n) is 5.06. The lowest BCUT2D eigenvalue weighted by Gasteiger charge is -2.20. The standard InChI is InChI=1S/C18H21NO4/c1-22-11-12-23-13-17(14-5-3-2-4-6-14)19-16-9-7-15(8-10-16)18(20)21/h2-10,17,19H,11-13H2,1H3,(H,20,21). The third kappa shape index (κ3) is 5.39. The van der Waals surface area contributed by atoms with Crippen molar-refractivity contribution in [1.82, 2.24) is 0 Å². The van der Waals surface area contributed by atoms with Crippen molar-refractivity contribution in [3.05, 3.63) is 65.7 Å². The first-order valence-corrected chi connectivity index (χ1v) is 7.42. The first kappa shape index (κ1) is 17.0. The Morgan fingerprint density at radius 2 is 1.78 bits per heavy atom. The van der Waals surface area contributed by atoms with Gasteiger partial charge in [0.2, 0.25) is 0 Å². The van der Waals surface area contributed by atoms with Gasteiger partial charge >= 0.3 is 5.97 Å². The highest BCUT2D eigenvalue weighted by molar-refractivity contribution is 5.88. The molecular weight excluding hydrogens is 294 g/mol. The molecule has 122 valence electrons. The molecule has 0 radical (unpaired) electrons. The summed E-state index contributed by atoms with van der Waals surface area (Å²) in [7, 11) is 1.64. The van der Waals surface area contributed by atoms with Crippen molar-refractivity contribution in [2.45, 2.75) is 6.04 Å². The summed E-state index contributed by atoms with van der Waals surface area (Å²) in [6.45, 7) is 1.57. The zero-order valence-electron chi connectivity index (χ0n) is 13.1. The highest BCUT2D eigenvalue weighted by Gasteiger charge is 2.12. The number of benzene rings is 2. The highest BCUT2D eigenvalue weighted by atomic mass is 16.5. The lowest BCUT2D eigenvalue weighted by molar-refractivity contribution is 0.0658. The lowest BCUT2D eigenvalue weighted by atomic mass is 10.1. The lowest BCUT2D eigenvalue weighted by Crippen LogP contribution is -2.18. The molecule has 5 nitrogen and oxygen atoms in total. The average molecular weight is 315 g/mol. The molecule has 0 amide bonds. The number of aromatic carboxylic acids is 1. The molecule has 0 heterocycles. The maximum atomic E-state index is 10.9. The van der Waals surface area contributed by atoms with Crippen LogP contribution in [0.3, 0.4) is 0 Å². The van der Waals surface area contributed by atoms with Gasteiger partial charge in [-0.1, -0.05) is 30.3 Å². The van der Waals surface area contributed by atoms with E-state index in [1.807, 2.05) is 30.3 Å². The van der Waals surface area contributed by atoms with Gasteiger partial charge in [-0.25, -0.2) is 4.79 Å². The van der Waals surface area contributed by atoms with Gasteiger partial charge < -0.3 is 19.9 Å². The Morgan fingerprint density at radius 1 is 1.09 bits per heavy atom. The van der Waals surface area contributed by atoms with Crippen molar-refractivity contribution in [3.63, 3.8) is 0 Å². The van der Waals surface area contributed by atoms with E-state index in [1.54, 1.807) is 31.4 Å². The number of hydrogen-bond acceptors (Lipinski definition) is 4. The molecule has 0 aliphatic rings. The summed E-state index contributed by atoms with van der Waals surface area (Å²) >= 11 is 0. The van der Waals surface area contributed by atoms with Crippen LogP contribution in [-0.4, -0.2) is 38.0 Å². The molecule has 23 heavy (non-hydrogen) atoms. The van der Waals surface area contributed by atoms with Gasteiger partial charge in [0.25, 0.3) is 0 Å². The van der Waals surface area contributed by atoms with Crippen molar-refractivity contribution in [2.24, 2.45) is 0 Å². The molecule has 0 saturated carbocycles. The molecule has 2 rings (SSSR count). The van der Waals surface area contributed by atoms with Crippen LogP contribution in [0.25, 0.3) is 0 Å². The molecular formula is C18H21NO4. The first-order chi connectivity index (χ1) is 11.2. The number of hydrogen-bond donors (Lipinski definition) is 2. The van der Waals surface area contributed by atoms with Crippen LogP contribution >= 0.6 is 0 Å². The molecule has 2 aromatic rings. The van der Waals surface area contributed by atoms with E-state index in [2.05, 4.69) is 5.32 Å². The molecule has 2 N–H and O–H groups in total. The fourth-order valence-corrected chi connectivity index (χ4v) is 2.16. The second-order valence-corrected chi connectivity index (χ2v) is 5.06. The van der Waals surface area contributed by atoms with Crippen LogP contribution in [0, 0.1) is 0 Å². The zero-order chi connectivity index (χ0) is 16.5. The van der Waals surface area contributed by atoms with E-state index in [0.29, 0.717) is 19.8 Å². The van der Waals surface area contributed by atoms with E-state index >= 15 is 0 Å². The Morgan fingerprint density at radius 3 is 2.39 bits per heavy atom. The molecule has 2 aromatic carbocycles. The minimum absolute atomic E-state index is 0.0243. The summed E-state index contributed by atoms with van der Waals surface area (Å²) in [6, 6.07) is 16.6. The fourth-order valence-electron chi connectivity index (χ4n) is 2.16. The van der Waals surface area contributed by atoms with Gasteiger partial charge in [-0.2, -0.15) is 0 Å². The quantitative estimate of drug-likeness (QED) is 0.696. The third-order valence-electron chi connectivity index (χ3n) is 3.39. The average Bonchev–Trinajstić information content (AvgIpc) is 2.59. The van der Waals surface area contributed by atoms with Crippen LogP contribution < -0.4 is 5.32 Å². The van der Waals surface area contributed by atoms with Crippen molar-refractivity contribution < 1.29 is 19.4 Å². The molecule has 0 bridgehead atoms. The SMILES string of the molecule is COCCOCC(Nc1ccc(C(=O)O)cc1)c1ccccc1. The summed E-state index contributed by atoms with van der Waals surface area (Å²) in [5.41, 5.74) is 2.22. The number of methoxy groups -OCH3 is 1. The molecule has 0 spiro atoms. The Bertz CT molecular complexity index is 598. The van der Waals surface area contributed by atoms with E-state index in [0.717, 1.165) is 11.3 Å². The van der Waals surface area contributed by atoms with Crippen LogP contribution in [0.2, 0.25) is 0 Å². The fraction of sp³-hybridized carbons (Fsp3) is 0.278. The summed E-state index contributed by atoms with van der Waals surface area (Å²) in [5.74, 6) is -0.931. The summed E-state index contributed by atoms with van der Waals surface area (Å²) in [6.07, 6.45) is 0. The van der Waals surface area contributed by atoms with Gasteiger partial charge in [-0.05, 0) is 29.8 Å². The number of rotatable bonds is 9. The second kappa shape index (κ2) is 8.92. The normalized spacial score (nSPS) is 11.9. The molecule has 0 aliphatic carbocycles. The molecule has 5 heteroatoms.